The topological polar surface area (TPSA) is 97.5 Å². The first-order chi connectivity index (χ1) is 5.91. The van der Waals surface area contributed by atoms with Gasteiger partial charge in [-0.25, -0.2) is 4.79 Å². The first kappa shape index (κ1) is 11.0. The monoisotopic (exact) mass is 185 g/mol. The van der Waals surface area contributed by atoms with Crippen LogP contribution < -0.4 is 0 Å². The number of ketones is 1. The summed E-state index contributed by atoms with van der Waals surface area (Å²) < 4.78 is 0. The fraction of sp³-hybridized carbons (Fsp3) is 0.143. The van der Waals surface area contributed by atoms with Crippen LogP contribution in [0.1, 0.15) is 6.92 Å². The van der Waals surface area contributed by atoms with E-state index < -0.39 is 27.9 Å². The van der Waals surface area contributed by atoms with Crippen molar-refractivity contribution in [1.82, 2.24) is 0 Å². The van der Waals surface area contributed by atoms with Crippen LogP contribution in [-0.4, -0.2) is 21.8 Å². The summed E-state index contributed by atoms with van der Waals surface area (Å²) in [7, 11) is 0. The quantitative estimate of drug-likeness (QED) is 0.387. The summed E-state index contributed by atoms with van der Waals surface area (Å²) in [5, 5.41) is 18.7. The first-order valence-electron chi connectivity index (χ1n) is 3.17. The van der Waals surface area contributed by atoms with Gasteiger partial charge in [-0.3, -0.25) is 14.9 Å². The maximum atomic E-state index is 10.8. The van der Waals surface area contributed by atoms with E-state index in [0.717, 1.165) is 6.92 Å². The number of nitrogens with zero attached hydrogens (tertiary/aromatic N) is 1. The van der Waals surface area contributed by atoms with Crippen LogP contribution in [0.3, 0.4) is 0 Å². The third kappa shape index (κ3) is 2.51. The molecular formula is C7H7NO5. The molecule has 0 amide bonds. The van der Waals surface area contributed by atoms with E-state index in [9.17, 15) is 19.7 Å². The van der Waals surface area contributed by atoms with Crippen molar-refractivity contribution in [3.63, 3.8) is 0 Å². The fourth-order valence-electron chi connectivity index (χ4n) is 0.610. The molecule has 0 saturated heterocycles. The van der Waals surface area contributed by atoms with Crippen molar-refractivity contribution in [3.05, 3.63) is 34.0 Å². The van der Waals surface area contributed by atoms with E-state index in [0.29, 0.717) is 6.08 Å². The summed E-state index contributed by atoms with van der Waals surface area (Å²) >= 11 is 0. The average Bonchev–Trinajstić information content (AvgIpc) is 2.03. The van der Waals surface area contributed by atoms with E-state index in [4.69, 9.17) is 5.11 Å². The highest BCUT2D eigenvalue weighted by molar-refractivity contribution is 6.06. The number of nitro groups is 1. The number of aliphatic carboxylic acids is 1. The lowest BCUT2D eigenvalue weighted by Crippen LogP contribution is -2.15. The molecule has 0 bridgehead atoms. The van der Waals surface area contributed by atoms with Crippen molar-refractivity contribution in [2.45, 2.75) is 6.92 Å². The summed E-state index contributed by atoms with van der Waals surface area (Å²) in [5.41, 5.74) is -1.56. The van der Waals surface area contributed by atoms with Crippen LogP contribution >= 0.6 is 0 Å². The van der Waals surface area contributed by atoms with Crippen molar-refractivity contribution in [2.75, 3.05) is 0 Å². The normalized spacial score (nSPS) is 11.5. The smallest absolute Gasteiger partial charge is 0.338 e. The Morgan fingerprint density at radius 2 is 2.00 bits per heavy atom. The van der Waals surface area contributed by atoms with Crippen LogP contribution in [0.4, 0.5) is 0 Å². The van der Waals surface area contributed by atoms with Gasteiger partial charge in [-0.15, -0.1) is 0 Å². The van der Waals surface area contributed by atoms with Gasteiger partial charge in [0, 0.05) is 0 Å². The van der Waals surface area contributed by atoms with Gasteiger partial charge in [-0.05, 0) is 13.0 Å². The van der Waals surface area contributed by atoms with Gasteiger partial charge in [0.2, 0.25) is 0 Å². The van der Waals surface area contributed by atoms with Crippen LogP contribution in [0.15, 0.2) is 23.9 Å². The summed E-state index contributed by atoms with van der Waals surface area (Å²) in [6.45, 7) is 4.01. The predicted octanol–water partition coefficient (Wildman–Crippen LogP) is 0.377. The number of hydrogen-bond acceptors (Lipinski definition) is 4. The molecule has 0 aliphatic carbocycles. The lowest BCUT2D eigenvalue weighted by Gasteiger charge is -1.95. The van der Waals surface area contributed by atoms with Crippen molar-refractivity contribution >= 4 is 11.8 Å². The summed E-state index contributed by atoms with van der Waals surface area (Å²) in [4.78, 5) is 30.4. The molecule has 0 rings (SSSR count). The molecule has 6 heteroatoms. The Morgan fingerprint density at radius 3 is 2.23 bits per heavy atom. The molecule has 70 valence electrons. The maximum absolute atomic E-state index is 10.8. The largest absolute Gasteiger partial charge is 0.478 e. The molecule has 0 aliphatic heterocycles. The second-order valence-corrected chi connectivity index (χ2v) is 2.10. The number of hydrogen-bond donors (Lipinski definition) is 1. The molecule has 0 aromatic carbocycles. The van der Waals surface area contributed by atoms with Crippen LogP contribution in [0.2, 0.25) is 0 Å². The van der Waals surface area contributed by atoms with Crippen LogP contribution in [-0.2, 0) is 9.59 Å². The number of carboxylic acid groups (broad SMARTS) is 1. The Kier molecular flexibility index (Phi) is 3.52. The molecule has 0 aliphatic rings. The Labute approximate surface area is 73.3 Å². The van der Waals surface area contributed by atoms with E-state index in [1.807, 2.05) is 0 Å². The van der Waals surface area contributed by atoms with Crippen molar-refractivity contribution in [2.24, 2.45) is 0 Å². The number of rotatable bonds is 4. The Hall–Kier alpha value is -1.98. The zero-order valence-corrected chi connectivity index (χ0v) is 6.81. The SMILES string of the molecule is C=CC(=O)C(=C(C)C(=O)O)[N+](=O)[O-]. The molecular weight excluding hydrogens is 178 g/mol. The molecule has 0 aromatic heterocycles. The van der Waals surface area contributed by atoms with Crippen molar-refractivity contribution in [1.29, 1.82) is 0 Å². The van der Waals surface area contributed by atoms with E-state index in [-0.39, 0.29) is 0 Å². The lowest BCUT2D eigenvalue weighted by atomic mass is 10.2. The van der Waals surface area contributed by atoms with Gasteiger partial charge in [-0.1, -0.05) is 6.58 Å². The molecule has 0 saturated carbocycles. The van der Waals surface area contributed by atoms with Crippen LogP contribution in [0.5, 0.6) is 0 Å². The zero-order chi connectivity index (χ0) is 10.6. The predicted molar refractivity (Wildman–Crippen MR) is 42.5 cm³/mol. The highest BCUT2D eigenvalue weighted by Crippen LogP contribution is 2.07. The summed E-state index contributed by atoms with van der Waals surface area (Å²) in [6.07, 6.45) is 0.699. The van der Waals surface area contributed by atoms with Gasteiger partial charge >= 0.3 is 11.7 Å². The van der Waals surface area contributed by atoms with E-state index in [2.05, 4.69) is 6.58 Å². The maximum Gasteiger partial charge on any atom is 0.338 e. The van der Waals surface area contributed by atoms with E-state index >= 15 is 0 Å². The number of allylic oxidation sites excluding steroid dienone is 1. The highest BCUT2D eigenvalue weighted by Gasteiger charge is 2.25. The minimum atomic E-state index is -1.50. The van der Waals surface area contributed by atoms with Gasteiger partial charge in [-0.2, -0.15) is 0 Å². The van der Waals surface area contributed by atoms with Crippen LogP contribution in [0.25, 0.3) is 0 Å². The van der Waals surface area contributed by atoms with E-state index in [1.54, 1.807) is 0 Å². The third-order valence-electron chi connectivity index (χ3n) is 1.28. The molecule has 13 heavy (non-hydrogen) atoms. The van der Waals surface area contributed by atoms with Crippen molar-refractivity contribution in [3.8, 4) is 0 Å². The number of carboxylic acids is 1. The molecule has 0 unspecified atom stereocenters. The second-order valence-electron chi connectivity index (χ2n) is 2.10. The van der Waals surface area contributed by atoms with E-state index in [1.165, 1.54) is 0 Å². The Morgan fingerprint density at radius 1 is 1.54 bits per heavy atom. The average molecular weight is 185 g/mol. The minimum absolute atomic E-state index is 0.602. The van der Waals surface area contributed by atoms with Gasteiger partial charge in [0.1, 0.15) is 5.57 Å². The summed E-state index contributed by atoms with van der Waals surface area (Å²) in [6, 6.07) is 0. The highest BCUT2D eigenvalue weighted by atomic mass is 16.6. The molecule has 0 heterocycles. The molecule has 0 fully saturated rings. The third-order valence-corrected chi connectivity index (χ3v) is 1.28. The molecule has 0 atom stereocenters. The van der Waals surface area contributed by atoms with Crippen molar-refractivity contribution < 1.29 is 19.6 Å². The fourth-order valence-corrected chi connectivity index (χ4v) is 0.610. The Bertz CT molecular complexity index is 315. The molecule has 1 N–H and O–H groups in total. The number of carbonyl (C=O) groups is 2. The molecule has 6 nitrogen and oxygen atoms in total. The summed E-state index contributed by atoms with van der Waals surface area (Å²) in [5.74, 6) is -2.51. The first-order valence-corrected chi connectivity index (χ1v) is 3.17. The molecule has 0 radical (unpaired) electrons. The van der Waals surface area contributed by atoms with Crippen LogP contribution in [0, 0.1) is 10.1 Å². The van der Waals surface area contributed by atoms with Gasteiger partial charge in [0.15, 0.2) is 0 Å². The van der Waals surface area contributed by atoms with Gasteiger partial charge in [0.05, 0.1) is 4.92 Å². The second kappa shape index (κ2) is 4.15. The molecule has 0 spiro atoms. The minimum Gasteiger partial charge on any atom is -0.478 e. The number of carbonyl (C=O) groups excluding carboxylic acids is 1. The van der Waals surface area contributed by atoms with Gasteiger partial charge in [0.25, 0.3) is 5.78 Å². The standard InChI is InChI=1S/C7H7NO5/c1-3-5(9)6(8(12)13)4(2)7(10)11/h3H,1H2,2H3,(H,10,11). The van der Waals surface area contributed by atoms with Gasteiger partial charge < -0.3 is 5.11 Å². The molecule has 0 aromatic rings. The lowest BCUT2D eigenvalue weighted by molar-refractivity contribution is -0.419. The Balaban J connectivity index is 5.37. The zero-order valence-electron chi connectivity index (χ0n) is 6.81.